The van der Waals surface area contributed by atoms with Gasteiger partial charge in [0, 0.05) is 34.8 Å². The van der Waals surface area contributed by atoms with Gasteiger partial charge in [-0.2, -0.15) is 0 Å². The predicted octanol–water partition coefficient (Wildman–Crippen LogP) is 2.13. The highest BCUT2D eigenvalue weighted by Gasteiger charge is 2.19. The Labute approximate surface area is 113 Å². The Hall–Kier alpha value is -0.890. The van der Waals surface area contributed by atoms with Gasteiger partial charge in [0.1, 0.15) is 0 Å². The van der Waals surface area contributed by atoms with Crippen LogP contribution in [0.4, 0.5) is 11.4 Å². The zero-order chi connectivity index (χ0) is 12.4. The van der Waals surface area contributed by atoms with Crippen molar-refractivity contribution < 1.29 is 4.92 Å². The van der Waals surface area contributed by atoms with Crippen molar-refractivity contribution in [1.29, 1.82) is 0 Å². The summed E-state index contributed by atoms with van der Waals surface area (Å²) >= 11 is 2.15. The molecule has 0 amide bonds. The highest BCUT2D eigenvalue weighted by molar-refractivity contribution is 14.1. The lowest BCUT2D eigenvalue weighted by Gasteiger charge is -2.32. The molecule has 0 spiro atoms. The van der Waals surface area contributed by atoms with Crippen molar-refractivity contribution in [3.63, 3.8) is 0 Å². The molecule has 0 radical (unpaired) electrons. The Morgan fingerprint density at radius 1 is 1.41 bits per heavy atom. The number of rotatable bonds is 2. The lowest BCUT2D eigenvalue weighted by Crippen LogP contribution is -2.39. The third-order valence-corrected chi connectivity index (χ3v) is 3.89. The van der Waals surface area contributed by atoms with Crippen LogP contribution in [0.25, 0.3) is 0 Å². The van der Waals surface area contributed by atoms with E-state index < -0.39 is 0 Å². The van der Waals surface area contributed by atoms with Gasteiger partial charge in [0.25, 0.3) is 5.69 Å². The third-order valence-electron chi connectivity index (χ3n) is 3.02. The lowest BCUT2D eigenvalue weighted by molar-refractivity contribution is -0.384. The topological polar surface area (TPSA) is 72.4 Å². The molecule has 1 saturated heterocycles. The Morgan fingerprint density at radius 2 is 2.06 bits per heavy atom. The fourth-order valence-corrected chi connectivity index (χ4v) is 2.85. The van der Waals surface area contributed by atoms with Crippen LogP contribution in [0.5, 0.6) is 0 Å². The van der Waals surface area contributed by atoms with Crippen LogP contribution in [0.2, 0.25) is 0 Å². The van der Waals surface area contributed by atoms with E-state index in [2.05, 4.69) is 27.5 Å². The molecule has 1 aliphatic rings. The summed E-state index contributed by atoms with van der Waals surface area (Å²) < 4.78 is 0.923. The first kappa shape index (κ1) is 12.6. The second kappa shape index (κ2) is 5.18. The molecule has 0 saturated carbocycles. The van der Waals surface area contributed by atoms with E-state index in [0.29, 0.717) is 6.04 Å². The maximum absolute atomic E-state index is 10.7. The Balaban J connectivity index is 2.19. The number of halogens is 1. The molecule has 0 bridgehead atoms. The van der Waals surface area contributed by atoms with Crippen LogP contribution < -0.4 is 10.6 Å². The number of nitro benzene ring substituents is 1. The second-order valence-electron chi connectivity index (χ2n) is 4.22. The van der Waals surface area contributed by atoms with Gasteiger partial charge in [0.15, 0.2) is 0 Å². The number of nitro groups is 1. The van der Waals surface area contributed by atoms with Crippen LogP contribution in [0.3, 0.4) is 0 Å². The molecule has 1 aliphatic heterocycles. The first-order valence-electron chi connectivity index (χ1n) is 5.52. The average Bonchev–Trinajstić information content (AvgIpc) is 2.30. The summed E-state index contributed by atoms with van der Waals surface area (Å²) in [6, 6.07) is 5.30. The molecule has 1 fully saturated rings. The fourth-order valence-electron chi connectivity index (χ4n) is 2.01. The minimum atomic E-state index is -0.363. The van der Waals surface area contributed by atoms with Crippen molar-refractivity contribution in [1.82, 2.24) is 0 Å². The minimum Gasteiger partial charge on any atom is -0.371 e. The smallest absolute Gasteiger partial charge is 0.270 e. The molecule has 0 aliphatic carbocycles. The van der Waals surface area contributed by atoms with Crippen molar-refractivity contribution in [3.8, 4) is 0 Å². The largest absolute Gasteiger partial charge is 0.371 e. The van der Waals surface area contributed by atoms with Crippen molar-refractivity contribution >= 4 is 34.0 Å². The number of nitrogens with zero attached hydrogens (tertiary/aromatic N) is 2. The van der Waals surface area contributed by atoms with E-state index in [-0.39, 0.29) is 10.6 Å². The van der Waals surface area contributed by atoms with E-state index in [4.69, 9.17) is 5.73 Å². The van der Waals surface area contributed by atoms with Crippen LogP contribution in [0, 0.1) is 13.7 Å². The van der Waals surface area contributed by atoms with Gasteiger partial charge in [-0.15, -0.1) is 0 Å². The van der Waals surface area contributed by atoms with Crippen molar-refractivity contribution in [2.24, 2.45) is 5.73 Å². The molecule has 5 nitrogen and oxygen atoms in total. The highest BCUT2D eigenvalue weighted by atomic mass is 127. The van der Waals surface area contributed by atoms with Crippen molar-refractivity contribution in [3.05, 3.63) is 31.9 Å². The van der Waals surface area contributed by atoms with Gasteiger partial charge in [0.05, 0.1) is 10.6 Å². The Bertz CT molecular complexity index is 431. The predicted molar refractivity (Wildman–Crippen MR) is 75.2 cm³/mol. The Kier molecular flexibility index (Phi) is 3.82. The molecular formula is C11H14IN3O2. The molecule has 0 unspecified atom stereocenters. The lowest BCUT2D eigenvalue weighted by atomic mass is 10.1. The fraction of sp³-hybridized carbons (Fsp3) is 0.455. The quantitative estimate of drug-likeness (QED) is 0.505. The van der Waals surface area contributed by atoms with Gasteiger partial charge in [-0.3, -0.25) is 10.1 Å². The average molecular weight is 347 g/mol. The molecule has 2 N–H and O–H groups in total. The third kappa shape index (κ3) is 2.86. The zero-order valence-corrected chi connectivity index (χ0v) is 11.5. The van der Waals surface area contributed by atoms with Gasteiger partial charge in [0.2, 0.25) is 0 Å². The molecule has 2 rings (SSSR count). The molecule has 1 aromatic rings. The summed E-state index contributed by atoms with van der Waals surface area (Å²) in [6.45, 7) is 1.85. The first-order valence-corrected chi connectivity index (χ1v) is 6.60. The number of nitrogens with two attached hydrogens (primary N) is 1. The number of benzene rings is 1. The van der Waals surface area contributed by atoms with Crippen LogP contribution in [0.15, 0.2) is 18.2 Å². The van der Waals surface area contributed by atoms with E-state index in [1.807, 2.05) is 6.07 Å². The maximum atomic E-state index is 10.7. The molecular weight excluding hydrogens is 333 g/mol. The van der Waals surface area contributed by atoms with Gasteiger partial charge in [-0.1, -0.05) is 0 Å². The first-order chi connectivity index (χ1) is 8.08. The van der Waals surface area contributed by atoms with E-state index >= 15 is 0 Å². The van der Waals surface area contributed by atoms with E-state index in [9.17, 15) is 10.1 Å². The summed E-state index contributed by atoms with van der Waals surface area (Å²) in [5.41, 5.74) is 7.08. The molecule has 1 aromatic carbocycles. The number of piperidine rings is 1. The van der Waals surface area contributed by atoms with Crippen LogP contribution >= 0.6 is 22.6 Å². The summed E-state index contributed by atoms with van der Waals surface area (Å²) in [5.74, 6) is 0. The molecule has 6 heteroatoms. The van der Waals surface area contributed by atoms with Crippen molar-refractivity contribution in [2.75, 3.05) is 18.0 Å². The van der Waals surface area contributed by atoms with Crippen molar-refractivity contribution in [2.45, 2.75) is 18.9 Å². The zero-order valence-electron chi connectivity index (χ0n) is 9.30. The van der Waals surface area contributed by atoms with Gasteiger partial charge >= 0.3 is 0 Å². The maximum Gasteiger partial charge on any atom is 0.270 e. The van der Waals surface area contributed by atoms with Gasteiger partial charge in [-0.25, -0.2) is 0 Å². The van der Waals surface area contributed by atoms with E-state index in [1.54, 1.807) is 12.1 Å². The normalized spacial score (nSPS) is 17.2. The van der Waals surface area contributed by atoms with Crippen LogP contribution in [0.1, 0.15) is 12.8 Å². The number of hydrogen-bond acceptors (Lipinski definition) is 4. The van der Waals surface area contributed by atoms with Crippen LogP contribution in [-0.2, 0) is 0 Å². The van der Waals surface area contributed by atoms with Gasteiger partial charge < -0.3 is 10.6 Å². The molecule has 1 heterocycles. The summed E-state index contributed by atoms with van der Waals surface area (Å²) in [6.07, 6.45) is 1.96. The summed E-state index contributed by atoms with van der Waals surface area (Å²) in [5, 5.41) is 10.7. The number of anilines is 1. The monoisotopic (exact) mass is 347 g/mol. The number of hydrogen-bond donors (Lipinski definition) is 1. The summed E-state index contributed by atoms with van der Waals surface area (Å²) in [7, 11) is 0. The highest BCUT2D eigenvalue weighted by Crippen LogP contribution is 2.28. The van der Waals surface area contributed by atoms with E-state index in [0.717, 1.165) is 35.2 Å². The molecule has 17 heavy (non-hydrogen) atoms. The van der Waals surface area contributed by atoms with Crippen LogP contribution in [-0.4, -0.2) is 24.1 Å². The molecule has 0 atom stereocenters. The second-order valence-corrected chi connectivity index (χ2v) is 5.38. The minimum absolute atomic E-state index is 0.145. The standard InChI is InChI=1S/C11H14IN3O2/c12-10-7-9(15(16)17)1-2-11(10)14-5-3-8(13)4-6-14/h1-2,7-8H,3-6,13H2. The Morgan fingerprint density at radius 3 is 2.59 bits per heavy atom. The SMILES string of the molecule is NC1CCN(c2ccc([N+](=O)[O-])cc2I)CC1. The molecule has 0 aromatic heterocycles. The molecule has 92 valence electrons. The number of non-ortho nitro benzene ring substituents is 1. The van der Waals surface area contributed by atoms with Gasteiger partial charge in [-0.05, 0) is 41.5 Å². The van der Waals surface area contributed by atoms with E-state index in [1.165, 1.54) is 0 Å². The summed E-state index contributed by atoms with van der Waals surface area (Å²) in [4.78, 5) is 12.5.